The normalized spacial score (nSPS) is 17.3. The van der Waals surface area contributed by atoms with E-state index in [-0.39, 0.29) is 17.7 Å². The highest BCUT2D eigenvalue weighted by Crippen LogP contribution is 2.26. The molecule has 1 N–H and O–H groups in total. The summed E-state index contributed by atoms with van der Waals surface area (Å²) >= 11 is 0. The highest BCUT2D eigenvalue weighted by Gasteiger charge is 2.32. The molecule has 0 saturated heterocycles. The van der Waals surface area contributed by atoms with Crippen LogP contribution < -0.4 is 5.32 Å². The minimum absolute atomic E-state index is 0.0140. The molecule has 2 rings (SSSR count). The van der Waals surface area contributed by atoms with Gasteiger partial charge in [-0.1, -0.05) is 6.07 Å². The van der Waals surface area contributed by atoms with Crippen molar-refractivity contribution in [2.24, 2.45) is 0 Å². The summed E-state index contributed by atoms with van der Waals surface area (Å²) in [6.45, 7) is 4.03. The zero-order valence-corrected chi connectivity index (χ0v) is 13.5. The molecular formula is C16H24N4O2. The smallest absolute Gasteiger partial charge is 0.230 e. The van der Waals surface area contributed by atoms with E-state index in [1.54, 1.807) is 11.1 Å². The first-order valence-corrected chi connectivity index (χ1v) is 7.60. The third kappa shape index (κ3) is 4.04. The van der Waals surface area contributed by atoms with Crippen LogP contribution in [0.4, 0.5) is 0 Å². The third-order valence-electron chi connectivity index (χ3n) is 3.86. The number of rotatable bonds is 5. The molecular weight excluding hydrogens is 280 g/mol. The average Bonchev–Trinajstić information content (AvgIpc) is 2.50. The van der Waals surface area contributed by atoms with E-state index in [9.17, 15) is 9.59 Å². The van der Waals surface area contributed by atoms with Gasteiger partial charge in [-0.2, -0.15) is 0 Å². The molecule has 22 heavy (non-hydrogen) atoms. The summed E-state index contributed by atoms with van der Waals surface area (Å²) in [5.41, 5.74) is 1.75. The van der Waals surface area contributed by atoms with Gasteiger partial charge < -0.3 is 15.1 Å². The number of pyridine rings is 1. The molecule has 0 fully saturated rings. The number of aromatic nitrogens is 1. The van der Waals surface area contributed by atoms with Crippen LogP contribution in [0.2, 0.25) is 0 Å². The van der Waals surface area contributed by atoms with E-state index in [2.05, 4.69) is 15.2 Å². The third-order valence-corrected chi connectivity index (χ3v) is 3.86. The number of hydrogen-bond donors (Lipinski definition) is 1. The predicted molar refractivity (Wildman–Crippen MR) is 84.2 cm³/mol. The number of amides is 2. The number of hydrogen-bond acceptors (Lipinski definition) is 4. The Morgan fingerprint density at radius 3 is 2.91 bits per heavy atom. The Balaban J connectivity index is 2.04. The molecule has 1 atom stereocenters. The summed E-state index contributed by atoms with van der Waals surface area (Å²) in [6, 6.07) is 3.78. The van der Waals surface area contributed by atoms with E-state index in [4.69, 9.17) is 0 Å². The lowest BCUT2D eigenvalue weighted by Gasteiger charge is -2.32. The summed E-state index contributed by atoms with van der Waals surface area (Å²) in [7, 11) is 4.02. The maximum absolute atomic E-state index is 12.5. The molecule has 0 bridgehead atoms. The van der Waals surface area contributed by atoms with Crippen LogP contribution in [0, 0.1) is 0 Å². The fourth-order valence-corrected chi connectivity index (χ4v) is 2.65. The van der Waals surface area contributed by atoms with E-state index in [1.807, 2.05) is 26.2 Å². The van der Waals surface area contributed by atoms with Crippen molar-refractivity contribution in [3.63, 3.8) is 0 Å². The second-order valence-electron chi connectivity index (χ2n) is 5.95. The van der Waals surface area contributed by atoms with Gasteiger partial charge in [-0.05, 0) is 38.7 Å². The van der Waals surface area contributed by atoms with Crippen molar-refractivity contribution in [1.29, 1.82) is 0 Å². The Bertz CT molecular complexity index is 545. The summed E-state index contributed by atoms with van der Waals surface area (Å²) in [6.07, 6.45) is 2.60. The molecule has 2 heterocycles. The molecule has 0 aromatic carbocycles. The lowest BCUT2D eigenvalue weighted by Crippen LogP contribution is -2.43. The van der Waals surface area contributed by atoms with Crippen LogP contribution in [0.25, 0.3) is 0 Å². The number of nitrogens with zero attached hydrogens (tertiary/aromatic N) is 3. The second kappa shape index (κ2) is 7.35. The standard InChI is InChI=1S/C16H24N4O2/c1-12(21)20-10-13-6-4-7-17-15(13)14(11-20)16(22)18-8-5-9-19(2)3/h4,6-7,14H,5,8-11H2,1-3H3,(H,18,22). The van der Waals surface area contributed by atoms with Gasteiger partial charge in [-0.15, -0.1) is 0 Å². The molecule has 0 saturated carbocycles. The topological polar surface area (TPSA) is 65.5 Å². The van der Waals surface area contributed by atoms with Crippen molar-refractivity contribution in [3.05, 3.63) is 29.6 Å². The van der Waals surface area contributed by atoms with Gasteiger partial charge in [-0.25, -0.2) is 0 Å². The number of nitrogens with one attached hydrogen (secondary N) is 1. The molecule has 0 radical (unpaired) electrons. The Morgan fingerprint density at radius 2 is 2.23 bits per heavy atom. The van der Waals surface area contributed by atoms with E-state index in [0.29, 0.717) is 19.6 Å². The van der Waals surface area contributed by atoms with Gasteiger partial charge in [0.25, 0.3) is 0 Å². The van der Waals surface area contributed by atoms with Crippen molar-refractivity contribution in [2.75, 3.05) is 33.7 Å². The molecule has 6 nitrogen and oxygen atoms in total. The van der Waals surface area contributed by atoms with Crippen LogP contribution in [0.15, 0.2) is 18.3 Å². The van der Waals surface area contributed by atoms with E-state index < -0.39 is 0 Å². The molecule has 1 aliphatic rings. The minimum atomic E-state index is -0.381. The lowest BCUT2D eigenvalue weighted by molar-refractivity contribution is -0.131. The molecule has 120 valence electrons. The lowest BCUT2D eigenvalue weighted by atomic mass is 9.94. The number of carbonyl (C=O) groups is 2. The van der Waals surface area contributed by atoms with E-state index >= 15 is 0 Å². The largest absolute Gasteiger partial charge is 0.355 e. The molecule has 1 aromatic rings. The van der Waals surface area contributed by atoms with Gasteiger partial charge in [0, 0.05) is 32.8 Å². The van der Waals surface area contributed by atoms with Crippen molar-refractivity contribution in [1.82, 2.24) is 20.1 Å². The van der Waals surface area contributed by atoms with E-state index in [0.717, 1.165) is 24.2 Å². The fraction of sp³-hybridized carbons (Fsp3) is 0.562. The van der Waals surface area contributed by atoms with E-state index in [1.165, 1.54) is 6.92 Å². The first kappa shape index (κ1) is 16.4. The Kier molecular flexibility index (Phi) is 5.49. The second-order valence-corrected chi connectivity index (χ2v) is 5.95. The maximum Gasteiger partial charge on any atom is 0.230 e. The Hall–Kier alpha value is -1.95. The molecule has 1 aliphatic heterocycles. The maximum atomic E-state index is 12.5. The highest BCUT2D eigenvalue weighted by atomic mass is 16.2. The molecule has 1 unspecified atom stereocenters. The van der Waals surface area contributed by atoms with Crippen LogP contribution in [0.5, 0.6) is 0 Å². The fourth-order valence-electron chi connectivity index (χ4n) is 2.65. The van der Waals surface area contributed by atoms with Crippen LogP contribution in [0.1, 0.15) is 30.5 Å². The Morgan fingerprint density at radius 1 is 1.45 bits per heavy atom. The van der Waals surface area contributed by atoms with Crippen molar-refractivity contribution in [2.45, 2.75) is 25.8 Å². The summed E-state index contributed by atoms with van der Waals surface area (Å²) in [5.74, 6) is -0.447. The average molecular weight is 304 g/mol. The summed E-state index contributed by atoms with van der Waals surface area (Å²) in [5, 5.41) is 2.96. The molecule has 1 aromatic heterocycles. The molecule has 6 heteroatoms. The molecule has 0 aliphatic carbocycles. The zero-order valence-electron chi connectivity index (χ0n) is 13.5. The van der Waals surface area contributed by atoms with Crippen molar-refractivity contribution < 1.29 is 9.59 Å². The first-order valence-electron chi connectivity index (χ1n) is 7.60. The summed E-state index contributed by atoms with van der Waals surface area (Å²) < 4.78 is 0. The quantitative estimate of drug-likeness (QED) is 0.809. The Labute approximate surface area is 131 Å². The molecule has 2 amide bonds. The van der Waals surface area contributed by atoms with Crippen LogP contribution in [0.3, 0.4) is 0 Å². The van der Waals surface area contributed by atoms with Gasteiger partial charge in [0.15, 0.2) is 0 Å². The van der Waals surface area contributed by atoms with Gasteiger partial charge in [-0.3, -0.25) is 14.6 Å². The summed E-state index contributed by atoms with van der Waals surface area (Å²) in [4.78, 5) is 32.3. The highest BCUT2D eigenvalue weighted by molar-refractivity contribution is 5.85. The van der Waals surface area contributed by atoms with Gasteiger partial charge in [0.05, 0.1) is 11.6 Å². The van der Waals surface area contributed by atoms with Gasteiger partial charge in [0.1, 0.15) is 0 Å². The van der Waals surface area contributed by atoms with Gasteiger partial charge in [0.2, 0.25) is 11.8 Å². The number of fused-ring (bicyclic) bond motifs is 1. The minimum Gasteiger partial charge on any atom is -0.355 e. The monoisotopic (exact) mass is 304 g/mol. The van der Waals surface area contributed by atoms with Crippen LogP contribution in [-0.4, -0.2) is 60.3 Å². The van der Waals surface area contributed by atoms with Crippen molar-refractivity contribution in [3.8, 4) is 0 Å². The number of carbonyl (C=O) groups excluding carboxylic acids is 2. The first-order chi connectivity index (χ1) is 10.5. The SMILES string of the molecule is CC(=O)N1Cc2cccnc2C(C(=O)NCCCN(C)C)C1. The zero-order chi connectivity index (χ0) is 16.1. The van der Waals surface area contributed by atoms with Crippen LogP contribution >= 0.6 is 0 Å². The van der Waals surface area contributed by atoms with Crippen LogP contribution in [-0.2, 0) is 16.1 Å². The predicted octanol–water partition coefficient (Wildman–Crippen LogP) is 0.595. The van der Waals surface area contributed by atoms with Crippen molar-refractivity contribution >= 4 is 11.8 Å². The molecule has 0 spiro atoms. The van der Waals surface area contributed by atoms with Gasteiger partial charge >= 0.3 is 0 Å².